The number of carboxylic acids is 1. The van der Waals surface area contributed by atoms with Gasteiger partial charge >= 0.3 is 5.97 Å². The number of hydrogen-bond acceptors (Lipinski definition) is 22. The average Bonchev–Trinajstić information content (AvgIpc) is 3.46. The molecule has 0 aromatic heterocycles. The summed E-state index contributed by atoms with van der Waals surface area (Å²) >= 11 is 0. The highest BCUT2D eigenvalue weighted by Crippen LogP contribution is 2.28. The van der Waals surface area contributed by atoms with Crippen molar-refractivity contribution in [2.75, 3.05) is 32.8 Å². The monoisotopic (exact) mass is 1220 g/mol. The molecule has 3 saturated heterocycles. The van der Waals surface area contributed by atoms with E-state index in [1.807, 2.05) is 0 Å². The van der Waals surface area contributed by atoms with Gasteiger partial charge in [-0.2, -0.15) is 0 Å². The largest absolute Gasteiger partial charge is 0.481 e. The molecule has 3 heterocycles. The lowest BCUT2D eigenvalue weighted by molar-refractivity contribution is -0.308. The SMILES string of the molecule is CC(=O)N[C@H]1[C@@H](OC[C@H]2O[C@H](O[C@H](C)[C@H](NC(=O)[C@H](CCC(N)=O)NC(=O)[C@H](C)NC(=O)[C@H](CC(C)C)NC(=O)[C@H](CCC(=O)O)NC(C)=O)C(=O)NCC(=O)N3CCC[C@H]3C(=O)NCC(N)=O)[C@H](NC(C)=O)[C@@H](O)[C@H]2O)O[C@H](CO)[C@H](O)[C@@H]1O. The molecule has 3 aliphatic rings. The highest BCUT2D eigenvalue weighted by molar-refractivity contribution is 5.97. The second kappa shape index (κ2) is 34.0. The van der Waals surface area contributed by atoms with Crippen molar-refractivity contribution in [1.29, 1.82) is 0 Å². The van der Waals surface area contributed by atoms with E-state index in [1.54, 1.807) is 13.8 Å². The molecule has 17 atom stereocenters. The number of carbonyl (C=O) groups excluding carboxylic acids is 12. The van der Waals surface area contributed by atoms with Crippen LogP contribution in [0.4, 0.5) is 0 Å². The molecule has 480 valence electrons. The van der Waals surface area contributed by atoms with Gasteiger partial charge in [-0.1, -0.05) is 13.8 Å². The fourth-order valence-electron chi connectivity index (χ4n) is 9.31. The number of ether oxygens (including phenoxy) is 4. The molecule has 85 heavy (non-hydrogen) atoms. The standard InChI is InChI=1S/C50H82N12O23/c1-20(2)15-28(60-44(77)26(56-23(5)64)11-13-35(70)71)46(79)55-21(3)43(76)59-27(10-12-32(51)67)45(78)61-36(48(81)54-17-34(69)62-14-8-9-29(62)47(80)53-16-33(52)68)22(4)83-50-38(58-25(7)66)42(75)40(73)31(85-50)19-82-49-37(57-24(6)65)41(74)39(72)30(18-63)84-49/h20-22,26-31,36-42,49-50,63,72-75H,8-19H2,1-7H3,(H2,51,67)(H2,52,68)(H,53,80)(H,54,81)(H,55,79)(H,56,64)(H,57,65)(H,58,66)(H,59,76)(H,60,77)(H,61,78)(H,70,71)/t21-,22+,26-,27-,28-,29-,30+,31+,36-,37+,38+,39-,40-,41+,42+,49-,50-/m0/s1. The van der Waals surface area contributed by atoms with Gasteiger partial charge in [0, 0.05) is 40.2 Å². The van der Waals surface area contributed by atoms with Crippen molar-refractivity contribution < 1.29 is 112 Å². The highest BCUT2D eigenvalue weighted by Gasteiger charge is 2.50. The number of nitrogens with one attached hydrogen (secondary N) is 9. The van der Waals surface area contributed by atoms with Crippen LogP contribution < -0.4 is 59.3 Å². The van der Waals surface area contributed by atoms with Gasteiger partial charge < -0.3 is 114 Å². The van der Waals surface area contributed by atoms with Gasteiger partial charge in [-0.25, -0.2) is 0 Å². The Hall–Kier alpha value is -7.25. The van der Waals surface area contributed by atoms with Crippen LogP contribution in [0, 0.1) is 5.92 Å². The molecule has 0 saturated carbocycles. The van der Waals surface area contributed by atoms with E-state index in [1.165, 1.54) is 13.8 Å². The number of amides is 12. The minimum atomic E-state index is -1.99. The number of aliphatic hydroxyl groups excluding tert-OH is 5. The first-order chi connectivity index (χ1) is 39.8. The predicted octanol–water partition coefficient (Wildman–Crippen LogP) is -9.35. The van der Waals surface area contributed by atoms with Gasteiger partial charge in [-0.05, 0) is 51.9 Å². The lowest BCUT2D eigenvalue weighted by Crippen LogP contribution is -2.67. The molecule has 0 unspecified atom stereocenters. The highest BCUT2D eigenvalue weighted by atomic mass is 16.7. The predicted molar refractivity (Wildman–Crippen MR) is 286 cm³/mol. The van der Waals surface area contributed by atoms with Gasteiger partial charge in [0.25, 0.3) is 0 Å². The number of nitrogens with two attached hydrogens (primary N) is 2. The van der Waals surface area contributed by atoms with E-state index < -0.39 is 226 Å². The van der Waals surface area contributed by atoms with E-state index in [0.717, 1.165) is 25.7 Å². The number of carboxylic acid groups (broad SMARTS) is 1. The van der Waals surface area contributed by atoms with Crippen LogP contribution in [0.15, 0.2) is 0 Å². The third-order valence-corrected chi connectivity index (χ3v) is 13.6. The number of likely N-dealkylation sites (tertiary alicyclic amines) is 1. The Balaban J connectivity index is 2.00. The van der Waals surface area contributed by atoms with Crippen molar-refractivity contribution in [1.82, 2.24) is 52.8 Å². The molecule has 0 bridgehead atoms. The van der Waals surface area contributed by atoms with Gasteiger partial charge in [0.1, 0.15) is 85.0 Å². The number of nitrogens with zero attached hydrogens (tertiary/aromatic N) is 1. The molecule has 0 aromatic rings. The first-order valence-electron chi connectivity index (χ1n) is 27.3. The lowest BCUT2D eigenvalue weighted by Gasteiger charge is -2.45. The number of aliphatic carboxylic acids is 1. The lowest BCUT2D eigenvalue weighted by atomic mass is 9.96. The summed E-state index contributed by atoms with van der Waals surface area (Å²) in [5.41, 5.74) is 10.6. The summed E-state index contributed by atoms with van der Waals surface area (Å²) in [5.74, 6) is -12.4. The van der Waals surface area contributed by atoms with Crippen molar-refractivity contribution in [2.24, 2.45) is 17.4 Å². The molecule has 0 aromatic carbocycles. The van der Waals surface area contributed by atoms with Crippen LogP contribution >= 0.6 is 0 Å². The summed E-state index contributed by atoms with van der Waals surface area (Å²) in [6.45, 7) is 6.04. The summed E-state index contributed by atoms with van der Waals surface area (Å²) < 4.78 is 23.5. The van der Waals surface area contributed by atoms with E-state index in [-0.39, 0.29) is 31.7 Å². The Bertz CT molecular complexity index is 2400. The second-order valence-corrected chi connectivity index (χ2v) is 21.2. The molecule has 35 heteroatoms. The molecule has 0 aliphatic carbocycles. The fourth-order valence-corrected chi connectivity index (χ4v) is 9.31. The van der Waals surface area contributed by atoms with Crippen LogP contribution in [0.3, 0.4) is 0 Å². The fraction of sp³-hybridized carbons (Fsp3) is 0.740. The zero-order valence-corrected chi connectivity index (χ0v) is 48.1. The summed E-state index contributed by atoms with van der Waals surface area (Å²) in [7, 11) is 0. The molecule has 0 radical (unpaired) electrons. The summed E-state index contributed by atoms with van der Waals surface area (Å²) in [5, 5.41) is 84.4. The molecule has 3 fully saturated rings. The Morgan fingerprint density at radius 2 is 1.15 bits per heavy atom. The Labute approximate surface area is 487 Å². The number of carbonyl (C=O) groups is 13. The quantitative estimate of drug-likeness (QED) is 0.0297. The van der Waals surface area contributed by atoms with Crippen LogP contribution in [0.25, 0.3) is 0 Å². The van der Waals surface area contributed by atoms with Crippen molar-refractivity contribution in [3.63, 3.8) is 0 Å². The Morgan fingerprint density at radius 3 is 1.71 bits per heavy atom. The molecule has 35 nitrogen and oxygen atoms in total. The van der Waals surface area contributed by atoms with Crippen LogP contribution in [0.2, 0.25) is 0 Å². The summed E-state index contributed by atoms with van der Waals surface area (Å²) in [6, 6.07) is -12.3. The number of aliphatic hydroxyl groups is 5. The van der Waals surface area contributed by atoms with E-state index in [0.29, 0.717) is 6.42 Å². The van der Waals surface area contributed by atoms with Gasteiger partial charge in [0.2, 0.25) is 70.9 Å². The molecule has 3 aliphatic heterocycles. The zero-order valence-electron chi connectivity index (χ0n) is 48.1. The van der Waals surface area contributed by atoms with Gasteiger partial charge in [0.05, 0.1) is 32.4 Å². The van der Waals surface area contributed by atoms with E-state index in [4.69, 9.17) is 30.4 Å². The first kappa shape index (κ1) is 72.0. The van der Waals surface area contributed by atoms with Crippen LogP contribution in [-0.2, 0) is 81.3 Å². The van der Waals surface area contributed by atoms with Crippen LogP contribution in [0.5, 0.6) is 0 Å². The Morgan fingerprint density at radius 1 is 0.612 bits per heavy atom. The maximum absolute atomic E-state index is 14.5. The van der Waals surface area contributed by atoms with Crippen molar-refractivity contribution in [3.05, 3.63) is 0 Å². The summed E-state index contributed by atoms with van der Waals surface area (Å²) in [6.07, 6.45) is -17.2. The third-order valence-electron chi connectivity index (χ3n) is 13.6. The maximum atomic E-state index is 14.5. The topological polar surface area (TPSA) is 544 Å². The molecular weight excluding hydrogens is 1140 g/mol. The van der Waals surface area contributed by atoms with E-state index in [9.17, 15) is 93.0 Å². The van der Waals surface area contributed by atoms with Crippen molar-refractivity contribution in [2.45, 2.75) is 197 Å². The van der Waals surface area contributed by atoms with Crippen molar-refractivity contribution >= 4 is 76.9 Å². The normalized spacial score (nSPS) is 25.9. The van der Waals surface area contributed by atoms with Crippen LogP contribution in [-0.4, -0.2) is 249 Å². The number of rotatable bonds is 32. The summed E-state index contributed by atoms with van der Waals surface area (Å²) in [4.78, 5) is 169. The molecule has 12 amide bonds. The van der Waals surface area contributed by atoms with E-state index in [2.05, 4.69) is 47.9 Å². The second-order valence-electron chi connectivity index (χ2n) is 21.2. The smallest absolute Gasteiger partial charge is 0.303 e. The minimum Gasteiger partial charge on any atom is -0.481 e. The third kappa shape index (κ3) is 22.6. The molecular formula is C50H82N12O23. The average molecular weight is 1220 g/mol. The van der Waals surface area contributed by atoms with Gasteiger partial charge in [-0.15, -0.1) is 0 Å². The van der Waals surface area contributed by atoms with Crippen molar-refractivity contribution in [3.8, 4) is 0 Å². The maximum Gasteiger partial charge on any atom is 0.303 e. The van der Waals surface area contributed by atoms with Gasteiger partial charge in [0.15, 0.2) is 12.6 Å². The van der Waals surface area contributed by atoms with E-state index >= 15 is 0 Å². The number of hydrogen-bond donors (Lipinski definition) is 17. The zero-order chi connectivity index (χ0) is 64.2. The molecule has 0 spiro atoms. The first-order valence-corrected chi connectivity index (χ1v) is 27.3. The Kier molecular flexibility index (Phi) is 28.8. The molecule has 3 rings (SSSR count). The molecule has 19 N–H and O–H groups in total. The van der Waals surface area contributed by atoms with Gasteiger partial charge in [-0.3, -0.25) is 62.3 Å². The minimum absolute atomic E-state index is 0.0225. The van der Waals surface area contributed by atoms with Crippen LogP contribution in [0.1, 0.15) is 93.4 Å². The number of primary amides is 2.